The van der Waals surface area contributed by atoms with E-state index in [0.717, 1.165) is 11.1 Å². The fourth-order valence-corrected chi connectivity index (χ4v) is 3.61. The Labute approximate surface area is 188 Å². The zero-order chi connectivity index (χ0) is 22.4. The number of carbonyl (C=O) groups is 1. The molecule has 162 valence electrons. The van der Waals surface area contributed by atoms with Crippen LogP contribution in [0.25, 0.3) is 0 Å². The van der Waals surface area contributed by atoms with Gasteiger partial charge >= 0.3 is 0 Å². The Kier molecular flexibility index (Phi) is 7.34. The summed E-state index contributed by atoms with van der Waals surface area (Å²) in [4.78, 5) is 13.1. The van der Waals surface area contributed by atoms with Crippen LogP contribution in [0.4, 0.5) is 4.39 Å². The third-order valence-electron chi connectivity index (χ3n) is 5.29. The number of halogens is 2. The van der Waals surface area contributed by atoms with Crippen LogP contribution < -0.4 is 10.1 Å². The van der Waals surface area contributed by atoms with E-state index in [9.17, 15) is 9.18 Å². The summed E-state index contributed by atoms with van der Waals surface area (Å²) in [6, 6.07) is 23.3. The first-order chi connectivity index (χ1) is 14.7. The number of carbonyl (C=O) groups excluding carboxylic acids is 1. The van der Waals surface area contributed by atoms with Crippen LogP contribution in [0.2, 0.25) is 5.02 Å². The van der Waals surface area contributed by atoms with Gasteiger partial charge in [-0.05, 0) is 74.7 Å². The molecule has 0 aromatic heterocycles. The predicted molar refractivity (Wildman–Crippen MR) is 123 cm³/mol. The Morgan fingerprint density at radius 3 is 2.23 bits per heavy atom. The molecule has 0 bridgehead atoms. The lowest BCUT2D eigenvalue weighted by Gasteiger charge is -2.31. The number of nitrogens with one attached hydrogen (secondary N) is 1. The molecule has 0 saturated heterocycles. The van der Waals surface area contributed by atoms with Gasteiger partial charge < -0.3 is 10.1 Å². The molecule has 0 aliphatic carbocycles. The molecule has 0 radical (unpaired) electrons. The SMILES string of the molecule is C[C@@H](NC(=O)C(C)(C)Oc1ccc(Cl)cc1)[C@H](Cc1ccc(F)cc1)c1ccccc1. The molecule has 31 heavy (non-hydrogen) atoms. The molecular weight excluding hydrogens is 413 g/mol. The molecule has 0 aliphatic heterocycles. The molecule has 2 atom stereocenters. The van der Waals surface area contributed by atoms with Gasteiger partial charge in [-0.25, -0.2) is 4.39 Å². The average Bonchev–Trinajstić information content (AvgIpc) is 2.75. The van der Waals surface area contributed by atoms with Crippen molar-refractivity contribution in [3.05, 3.63) is 101 Å². The number of ether oxygens (including phenoxy) is 1. The van der Waals surface area contributed by atoms with Crippen molar-refractivity contribution in [1.29, 1.82) is 0 Å². The van der Waals surface area contributed by atoms with Crippen molar-refractivity contribution in [2.75, 3.05) is 0 Å². The topological polar surface area (TPSA) is 38.3 Å². The van der Waals surface area contributed by atoms with Gasteiger partial charge in [-0.1, -0.05) is 54.1 Å². The Bertz CT molecular complexity index is 988. The Balaban J connectivity index is 1.75. The normalized spacial score (nSPS) is 13.3. The van der Waals surface area contributed by atoms with Gasteiger partial charge in [0.1, 0.15) is 11.6 Å². The van der Waals surface area contributed by atoms with E-state index in [1.807, 2.05) is 37.3 Å². The molecule has 0 aliphatic rings. The van der Waals surface area contributed by atoms with Gasteiger partial charge in [-0.15, -0.1) is 0 Å². The summed E-state index contributed by atoms with van der Waals surface area (Å²) in [6.07, 6.45) is 0.671. The van der Waals surface area contributed by atoms with Gasteiger partial charge in [0, 0.05) is 17.0 Å². The maximum atomic E-state index is 13.3. The van der Waals surface area contributed by atoms with Gasteiger partial charge in [0.05, 0.1) is 0 Å². The minimum Gasteiger partial charge on any atom is -0.478 e. The van der Waals surface area contributed by atoms with Crippen LogP contribution in [0.15, 0.2) is 78.9 Å². The molecular formula is C26H27ClFNO2. The van der Waals surface area contributed by atoms with Crippen molar-refractivity contribution in [2.24, 2.45) is 0 Å². The van der Waals surface area contributed by atoms with Crippen LogP contribution in [0.5, 0.6) is 5.75 Å². The highest BCUT2D eigenvalue weighted by Gasteiger charge is 2.33. The number of hydrogen-bond acceptors (Lipinski definition) is 2. The van der Waals surface area contributed by atoms with E-state index in [0.29, 0.717) is 17.2 Å². The molecule has 0 saturated carbocycles. The van der Waals surface area contributed by atoms with E-state index in [4.69, 9.17) is 16.3 Å². The van der Waals surface area contributed by atoms with E-state index in [2.05, 4.69) is 5.32 Å². The maximum absolute atomic E-state index is 13.3. The second-order valence-corrected chi connectivity index (χ2v) is 8.61. The fraction of sp³-hybridized carbons (Fsp3) is 0.269. The molecule has 3 rings (SSSR count). The Morgan fingerprint density at radius 1 is 1.00 bits per heavy atom. The summed E-state index contributed by atoms with van der Waals surface area (Å²) in [6.45, 7) is 5.46. The van der Waals surface area contributed by atoms with Crippen LogP contribution in [0.1, 0.15) is 37.8 Å². The molecule has 3 nitrogen and oxygen atoms in total. The molecule has 1 amide bonds. The smallest absolute Gasteiger partial charge is 0.263 e. The van der Waals surface area contributed by atoms with E-state index in [1.165, 1.54) is 12.1 Å². The first-order valence-electron chi connectivity index (χ1n) is 10.3. The minimum atomic E-state index is -1.07. The van der Waals surface area contributed by atoms with Crippen molar-refractivity contribution in [3.63, 3.8) is 0 Å². The second kappa shape index (κ2) is 9.97. The van der Waals surface area contributed by atoms with Gasteiger partial charge in [-0.2, -0.15) is 0 Å². The number of hydrogen-bond donors (Lipinski definition) is 1. The predicted octanol–water partition coefficient (Wildman–Crippen LogP) is 6.17. The van der Waals surface area contributed by atoms with Crippen molar-refractivity contribution in [3.8, 4) is 5.75 Å². The summed E-state index contributed by atoms with van der Waals surface area (Å²) >= 11 is 5.93. The first-order valence-corrected chi connectivity index (χ1v) is 10.7. The highest BCUT2D eigenvalue weighted by molar-refractivity contribution is 6.30. The van der Waals surface area contributed by atoms with E-state index in [-0.39, 0.29) is 23.7 Å². The first kappa shape index (κ1) is 22.8. The van der Waals surface area contributed by atoms with Crippen LogP contribution in [-0.4, -0.2) is 17.6 Å². The summed E-state index contributed by atoms with van der Waals surface area (Å²) in [5, 5.41) is 3.72. The standard InChI is InChI=1S/C26H27ClFNO2/c1-18(29-25(30)26(2,3)31-23-15-11-21(27)12-16-23)24(20-7-5-4-6-8-20)17-19-9-13-22(28)14-10-19/h4-16,18,24H,17H2,1-3H3,(H,29,30)/t18-,24+/m1/s1. The molecule has 5 heteroatoms. The van der Waals surface area contributed by atoms with Crippen LogP contribution in [-0.2, 0) is 11.2 Å². The van der Waals surface area contributed by atoms with Crippen molar-refractivity contribution in [2.45, 2.75) is 44.8 Å². The zero-order valence-corrected chi connectivity index (χ0v) is 18.7. The highest BCUT2D eigenvalue weighted by atomic mass is 35.5. The second-order valence-electron chi connectivity index (χ2n) is 8.18. The number of amides is 1. The van der Waals surface area contributed by atoms with Crippen molar-refractivity contribution >= 4 is 17.5 Å². The van der Waals surface area contributed by atoms with Gasteiger partial charge in [-0.3, -0.25) is 4.79 Å². The number of benzene rings is 3. The summed E-state index contributed by atoms with van der Waals surface area (Å²) in [7, 11) is 0. The van der Waals surface area contributed by atoms with Crippen LogP contribution in [0, 0.1) is 5.82 Å². The van der Waals surface area contributed by atoms with Gasteiger partial charge in [0.2, 0.25) is 0 Å². The lowest BCUT2D eigenvalue weighted by atomic mass is 9.86. The van der Waals surface area contributed by atoms with Crippen LogP contribution in [0.3, 0.4) is 0 Å². The van der Waals surface area contributed by atoms with E-state index >= 15 is 0 Å². The lowest BCUT2D eigenvalue weighted by Crippen LogP contribution is -2.51. The quantitative estimate of drug-likeness (QED) is 0.456. The largest absolute Gasteiger partial charge is 0.478 e. The lowest BCUT2D eigenvalue weighted by molar-refractivity contribution is -0.135. The highest BCUT2D eigenvalue weighted by Crippen LogP contribution is 2.26. The maximum Gasteiger partial charge on any atom is 0.263 e. The third-order valence-corrected chi connectivity index (χ3v) is 5.54. The third kappa shape index (κ3) is 6.31. The zero-order valence-electron chi connectivity index (χ0n) is 17.9. The molecule has 0 spiro atoms. The minimum absolute atomic E-state index is 0.0157. The number of rotatable bonds is 8. The molecule has 0 fully saturated rings. The van der Waals surface area contributed by atoms with E-state index in [1.54, 1.807) is 50.2 Å². The fourth-order valence-electron chi connectivity index (χ4n) is 3.48. The molecule has 3 aromatic carbocycles. The Morgan fingerprint density at radius 2 is 1.61 bits per heavy atom. The monoisotopic (exact) mass is 439 g/mol. The van der Waals surface area contributed by atoms with E-state index < -0.39 is 5.60 Å². The van der Waals surface area contributed by atoms with Crippen molar-refractivity contribution in [1.82, 2.24) is 5.32 Å². The molecule has 1 N–H and O–H groups in total. The molecule has 3 aromatic rings. The molecule has 0 unspecified atom stereocenters. The summed E-state index contributed by atoms with van der Waals surface area (Å²) in [5.74, 6) is 0.113. The summed E-state index contributed by atoms with van der Waals surface area (Å²) < 4.78 is 19.3. The average molecular weight is 440 g/mol. The molecule has 0 heterocycles. The van der Waals surface area contributed by atoms with Gasteiger partial charge in [0.25, 0.3) is 5.91 Å². The summed E-state index contributed by atoms with van der Waals surface area (Å²) in [5.41, 5.74) is 1.04. The van der Waals surface area contributed by atoms with Crippen molar-refractivity contribution < 1.29 is 13.9 Å². The van der Waals surface area contributed by atoms with Crippen LogP contribution >= 0.6 is 11.6 Å². The Hall–Kier alpha value is -2.85. The van der Waals surface area contributed by atoms with Gasteiger partial charge in [0.15, 0.2) is 5.60 Å².